The van der Waals surface area contributed by atoms with Crippen molar-refractivity contribution < 1.29 is 28.2 Å². The van der Waals surface area contributed by atoms with Crippen LogP contribution in [0.5, 0.6) is 11.5 Å². The van der Waals surface area contributed by atoms with E-state index in [-0.39, 0.29) is 31.3 Å². The highest BCUT2D eigenvalue weighted by Gasteiger charge is 2.28. The van der Waals surface area contributed by atoms with E-state index in [2.05, 4.69) is 20.4 Å². The molecule has 0 aliphatic carbocycles. The molecule has 3 heterocycles. The fourth-order valence-electron chi connectivity index (χ4n) is 4.88. The number of hydrogen-bond donors (Lipinski definition) is 2. The zero-order valence-electron chi connectivity index (χ0n) is 20.1. The number of fused-ring (bicyclic) bond motifs is 1. The SMILES string of the molecule is O=C(NC[C@@H]1CCCO1)C(=O)NC[C@@H](c1ccc2c(c1)OCO2)N1CCN(c2ccc(F)cc2)CC1. The zero-order valence-corrected chi connectivity index (χ0v) is 20.1. The number of hydrogen-bond acceptors (Lipinski definition) is 7. The number of nitrogens with one attached hydrogen (secondary N) is 2. The molecule has 5 rings (SSSR count). The fourth-order valence-corrected chi connectivity index (χ4v) is 4.88. The first-order valence-electron chi connectivity index (χ1n) is 12.4. The number of nitrogens with zero attached hydrogens (tertiary/aromatic N) is 2. The average Bonchev–Trinajstić information content (AvgIpc) is 3.60. The molecule has 192 valence electrons. The van der Waals surface area contributed by atoms with Crippen LogP contribution in [0.4, 0.5) is 10.1 Å². The quantitative estimate of drug-likeness (QED) is 0.563. The first-order valence-corrected chi connectivity index (χ1v) is 12.4. The molecule has 2 saturated heterocycles. The second-order valence-corrected chi connectivity index (χ2v) is 9.18. The van der Waals surface area contributed by atoms with E-state index in [1.807, 2.05) is 18.2 Å². The van der Waals surface area contributed by atoms with Crippen LogP contribution in [0.25, 0.3) is 0 Å². The van der Waals surface area contributed by atoms with Crippen LogP contribution in [0.15, 0.2) is 42.5 Å². The number of amides is 2. The molecule has 2 aromatic carbocycles. The van der Waals surface area contributed by atoms with E-state index in [4.69, 9.17) is 14.2 Å². The van der Waals surface area contributed by atoms with Gasteiger partial charge in [-0.2, -0.15) is 0 Å². The van der Waals surface area contributed by atoms with Crippen molar-refractivity contribution in [3.63, 3.8) is 0 Å². The molecule has 0 radical (unpaired) electrons. The van der Waals surface area contributed by atoms with Crippen LogP contribution >= 0.6 is 0 Å². The lowest BCUT2D eigenvalue weighted by molar-refractivity contribution is -0.139. The summed E-state index contributed by atoms with van der Waals surface area (Å²) in [6, 6.07) is 12.1. The third-order valence-electron chi connectivity index (χ3n) is 6.90. The van der Waals surface area contributed by atoms with Crippen LogP contribution < -0.4 is 25.0 Å². The summed E-state index contributed by atoms with van der Waals surface area (Å²) in [5.41, 5.74) is 1.95. The number of piperazine rings is 1. The molecule has 2 N–H and O–H groups in total. The van der Waals surface area contributed by atoms with Crippen molar-refractivity contribution in [2.45, 2.75) is 25.0 Å². The van der Waals surface area contributed by atoms with Crippen molar-refractivity contribution in [1.29, 1.82) is 0 Å². The van der Waals surface area contributed by atoms with E-state index in [0.29, 0.717) is 24.7 Å². The molecule has 36 heavy (non-hydrogen) atoms. The van der Waals surface area contributed by atoms with Gasteiger partial charge < -0.3 is 29.7 Å². The van der Waals surface area contributed by atoms with Crippen LogP contribution in [0.2, 0.25) is 0 Å². The molecular weight excluding hydrogens is 467 g/mol. The maximum absolute atomic E-state index is 13.3. The monoisotopic (exact) mass is 498 g/mol. The molecule has 0 bridgehead atoms. The van der Waals surface area contributed by atoms with Crippen molar-refractivity contribution in [3.8, 4) is 11.5 Å². The highest BCUT2D eigenvalue weighted by atomic mass is 19.1. The van der Waals surface area contributed by atoms with E-state index >= 15 is 0 Å². The van der Waals surface area contributed by atoms with Crippen molar-refractivity contribution in [1.82, 2.24) is 15.5 Å². The Morgan fingerprint density at radius 1 is 0.972 bits per heavy atom. The molecule has 2 fully saturated rings. The Balaban J connectivity index is 1.23. The maximum atomic E-state index is 13.3. The predicted octanol–water partition coefficient (Wildman–Crippen LogP) is 1.83. The van der Waals surface area contributed by atoms with Gasteiger partial charge in [-0.15, -0.1) is 0 Å². The van der Waals surface area contributed by atoms with Gasteiger partial charge in [-0.25, -0.2) is 4.39 Å². The van der Waals surface area contributed by atoms with Crippen molar-refractivity contribution in [2.75, 3.05) is 57.6 Å². The summed E-state index contributed by atoms with van der Waals surface area (Å²) >= 11 is 0. The average molecular weight is 499 g/mol. The molecule has 0 spiro atoms. The standard InChI is InChI=1S/C26H31FN4O5/c27-19-4-6-20(7-5-19)30-9-11-31(12-10-30)22(18-3-8-23-24(14-18)36-17-35-23)16-29-26(33)25(32)28-15-21-2-1-13-34-21/h3-8,14,21-22H,1-2,9-13,15-17H2,(H,28,32)(H,29,33)/t21-,22-/m0/s1. The molecule has 10 heteroatoms. The van der Waals surface area contributed by atoms with E-state index in [0.717, 1.165) is 50.3 Å². The summed E-state index contributed by atoms with van der Waals surface area (Å²) < 4.78 is 29.8. The minimum absolute atomic E-state index is 0.0273. The van der Waals surface area contributed by atoms with Crippen LogP contribution in [0, 0.1) is 5.82 Å². The Labute approximate surface area is 209 Å². The number of ether oxygens (including phenoxy) is 3. The van der Waals surface area contributed by atoms with Gasteiger partial charge in [0.15, 0.2) is 11.5 Å². The van der Waals surface area contributed by atoms with Gasteiger partial charge in [0.1, 0.15) is 5.82 Å². The molecule has 0 saturated carbocycles. The number of halogens is 1. The summed E-state index contributed by atoms with van der Waals surface area (Å²) in [6.45, 7) is 4.45. The lowest BCUT2D eigenvalue weighted by Gasteiger charge is -2.40. The van der Waals surface area contributed by atoms with E-state index < -0.39 is 11.8 Å². The van der Waals surface area contributed by atoms with Gasteiger partial charge in [0.2, 0.25) is 6.79 Å². The Kier molecular flexibility index (Phi) is 7.52. The lowest BCUT2D eigenvalue weighted by atomic mass is 10.0. The van der Waals surface area contributed by atoms with Crippen molar-refractivity contribution in [3.05, 3.63) is 53.8 Å². The molecule has 2 amide bonds. The first-order chi connectivity index (χ1) is 17.6. The molecule has 0 unspecified atom stereocenters. The summed E-state index contributed by atoms with van der Waals surface area (Å²) in [5, 5.41) is 5.48. The minimum Gasteiger partial charge on any atom is -0.454 e. The Hall–Kier alpha value is -3.37. The van der Waals surface area contributed by atoms with Crippen LogP contribution in [0.3, 0.4) is 0 Å². The number of carbonyl (C=O) groups excluding carboxylic acids is 2. The number of benzene rings is 2. The third kappa shape index (κ3) is 5.71. The smallest absolute Gasteiger partial charge is 0.309 e. The largest absolute Gasteiger partial charge is 0.454 e. The first kappa shape index (κ1) is 24.3. The van der Waals surface area contributed by atoms with Gasteiger partial charge in [0.25, 0.3) is 0 Å². The van der Waals surface area contributed by atoms with Gasteiger partial charge in [-0.3, -0.25) is 14.5 Å². The Morgan fingerprint density at radius 2 is 1.72 bits per heavy atom. The van der Waals surface area contributed by atoms with Crippen molar-refractivity contribution >= 4 is 17.5 Å². The zero-order chi connectivity index (χ0) is 24.9. The molecule has 2 aromatic rings. The third-order valence-corrected chi connectivity index (χ3v) is 6.90. The number of anilines is 1. The second kappa shape index (κ2) is 11.1. The maximum Gasteiger partial charge on any atom is 0.309 e. The van der Waals surface area contributed by atoms with E-state index in [9.17, 15) is 14.0 Å². The normalized spacial score (nSPS) is 20.2. The van der Waals surface area contributed by atoms with Gasteiger partial charge in [0.05, 0.1) is 12.1 Å². The van der Waals surface area contributed by atoms with Gasteiger partial charge in [-0.05, 0) is 54.8 Å². The molecule has 3 aliphatic rings. The molecule has 2 atom stereocenters. The summed E-state index contributed by atoms with van der Waals surface area (Å²) in [6.07, 6.45) is 1.83. The van der Waals surface area contributed by atoms with E-state index in [1.165, 1.54) is 12.1 Å². The molecular formula is C26H31FN4O5. The molecule has 0 aromatic heterocycles. The topological polar surface area (TPSA) is 92.4 Å². The van der Waals surface area contributed by atoms with Gasteiger partial charge in [0, 0.05) is 51.6 Å². The predicted molar refractivity (Wildman–Crippen MR) is 130 cm³/mol. The van der Waals surface area contributed by atoms with Crippen LogP contribution in [-0.2, 0) is 14.3 Å². The Bertz CT molecular complexity index is 1070. The Morgan fingerprint density at radius 3 is 2.47 bits per heavy atom. The summed E-state index contributed by atoms with van der Waals surface area (Å²) in [7, 11) is 0. The summed E-state index contributed by atoms with van der Waals surface area (Å²) in [4.78, 5) is 29.4. The minimum atomic E-state index is -0.663. The van der Waals surface area contributed by atoms with Crippen molar-refractivity contribution in [2.24, 2.45) is 0 Å². The number of rotatable bonds is 7. The van der Waals surface area contributed by atoms with Gasteiger partial charge >= 0.3 is 11.8 Å². The fraction of sp³-hybridized carbons (Fsp3) is 0.462. The van der Waals surface area contributed by atoms with Gasteiger partial charge in [-0.1, -0.05) is 6.07 Å². The second-order valence-electron chi connectivity index (χ2n) is 9.18. The van der Waals surface area contributed by atoms with Crippen LogP contribution in [0.1, 0.15) is 24.4 Å². The highest BCUT2D eigenvalue weighted by Crippen LogP contribution is 2.35. The number of carbonyl (C=O) groups is 2. The van der Waals surface area contributed by atoms with Crippen LogP contribution in [-0.4, -0.2) is 75.5 Å². The lowest BCUT2D eigenvalue weighted by Crippen LogP contribution is -2.51. The van der Waals surface area contributed by atoms with E-state index in [1.54, 1.807) is 12.1 Å². The summed E-state index contributed by atoms with van der Waals surface area (Å²) in [5.74, 6) is -0.213. The molecule has 9 nitrogen and oxygen atoms in total. The highest BCUT2D eigenvalue weighted by molar-refractivity contribution is 6.35. The molecule has 3 aliphatic heterocycles.